The summed E-state index contributed by atoms with van der Waals surface area (Å²) < 4.78 is 7.70. The van der Waals surface area contributed by atoms with Crippen LogP contribution in [0.3, 0.4) is 0 Å². The van der Waals surface area contributed by atoms with E-state index in [4.69, 9.17) is 9.73 Å². The Balaban J connectivity index is 1.83. The Bertz CT molecular complexity index is 1920. The molecule has 0 aliphatic carbocycles. The third kappa shape index (κ3) is 6.44. The molecule has 5 rings (SSSR count). The number of nitrogens with zero attached hydrogens (tertiary/aromatic N) is 2. The molecule has 3 aromatic carbocycles. The van der Waals surface area contributed by atoms with Crippen molar-refractivity contribution in [1.29, 1.82) is 0 Å². The number of carbonyl (C=O) groups excluding carboxylic acids is 1. The maximum absolute atomic E-state index is 14.4. The molecule has 1 aromatic heterocycles. The lowest BCUT2D eigenvalue weighted by molar-refractivity contribution is -0.138. The highest BCUT2D eigenvalue weighted by atomic mass is 32.2. The van der Waals surface area contributed by atoms with Crippen LogP contribution in [-0.4, -0.2) is 28.5 Å². The minimum absolute atomic E-state index is 0.194. The number of hydrogen-bond donors (Lipinski definition) is 1. The molecule has 0 fully saturated rings. The van der Waals surface area contributed by atoms with E-state index in [2.05, 4.69) is 41.5 Å². The molecule has 6 nitrogen and oxygen atoms in total. The number of phenolic OH excluding ortho intramolecular Hbond substituents is 1. The number of fused-ring (bicyclic) bond motifs is 1. The summed E-state index contributed by atoms with van der Waals surface area (Å²) in [5, 5.41) is 11.3. The fraction of sp³-hybridized carbons (Fsp3) is 0.324. The summed E-state index contributed by atoms with van der Waals surface area (Å²) in [6.07, 6.45) is 3.88. The molecule has 0 unspecified atom stereocenters. The minimum Gasteiger partial charge on any atom is -0.507 e. The molecule has 1 aliphatic heterocycles. The van der Waals surface area contributed by atoms with Crippen LogP contribution < -0.4 is 14.9 Å². The summed E-state index contributed by atoms with van der Waals surface area (Å²) in [6, 6.07) is 20.7. The zero-order valence-corrected chi connectivity index (χ0v) is 28.7. The first-order valence-electron chi connectivity index (χ1n) is 15.0. The van der Waals surface area contributed by atoms with Crippen LogP contribution in [0.5, 0.6) is 5.75 Å². The Kier molecular flexibility index (Phi) is 9.02. The summed E-state index contributed by atoms with van der Waals surface area (Å²) in [7, 11) is 0. The molecule has 1 aliphatic rings. The number of thioether (sulfide) groups is 1. The molecule has 0 saturated carbocycles. The fourth-order valence-corrected chi connectivity index (χ4v) is 6.99. The normalized spacial score (nSPS) is 15.6. The molecule has 0 amide bonds. The Morgan fingerprint density at radius 3 is 2.13 bits per heavy atom. The van der Waals surface area contributed by atoms with E-state index < -0.39 is 12.0 Å². The van der Waals surface area contributed by atoms with Crippen molar-refractivity contribution < 1.29 is 14.6 Å². The van der Waals surface area contributed by atoms with Crippen LogP contribution in [0.2, 0.25) is 0 Å². The average Bonchev–Trinajstić information content (AvgIpc) is 3.30. The van der Waals surface area contributed by atoms with E-state index in [9.17, 15) is 14.7 Å². The van der Waals surface area contributed by atoms with Crippen molar-refractivity contribution in [3.63, 3.8) is 0 Å². The summed E-state index contributed by atoms with van der Waals surface area (Å²) in [5.74, 6) is -0.217. The van der Waals surface area contributed by atoms with E-state index in [-0.39, 0.29) is 28.7 Å². The number of benzene rings is 3. The van der Waals surface area contributed by atoms with Gasteiger partial charge in [0.05, 0.1) is 28.5 Å². The number of thiazole rings is 1. The molecule has 8 heteroatoms. The number of aromatic nitrogens is 1. The van der Waals surface area contributed by atoms with Crippen molar-refractivity contribution in [2.75, 3.05) is 12.9 Å². The predicted molar refractivity (Wildman–Crippen MR) is 185 cm³/mol. The highest BCUT2D eigenvalue weighted by molar-refractivity contribution is 7.98. The van der Waals surface area contributed by atoms with E-state index in [0.29, 0.717) is 20.6 Å². The van der Waals surface area contributed by atoms with Gasteiger partial charge in [-0.1, -0.05) is 95.3 Å². The van der Waals surface area contributed by atoms with Crippen LogP contribution in [0.1, 0.15) is 82.3 Å². The zero-order valence-electron chi connectivity index (χ0n) is 27.1. The van der Waals surface area contributed by atoms with Gasteiger partial charge in [0.15, 0.2) is 4.80 Å². The van der Waals surface area contributed by atoms with Gasteiger partial charge in [0.2, 0.25) is 0 Å². The van der Waals surface area contributed by atoms with Gasteiger partial charge in [-0.3, -0.25) is 9.36 Å². The molecule has 1 atom stereocenters. The number of phenols is 1. The van der Waals surface area contributed by atoms with Crippen molar-refractivity contribution in [1.82, 2.24) is 4.57 Å². The van der Waals surface area contributed by atoms with E-state index >= 15 is 0 Å². The molecule has 0 saturated heterocycles. The lowest BCUT2D eigenvalue weighted by Crippen LogP contribution is -2.40. The van der Waals surface area contributed by atoms with Crippen LogP contribution >= 0.6 is 23.1 Å². The van der Waals surface area contributed by atoms with Gasteiger partial charge < -0.3 is 9.84 Å². The van der Waals surface area contributed by atoms with Gasteiger partial charge >= 0.3 is 5.97 Å². The second-order valence-corrected chi connectivity index (χ2v) is 15.1. The molecule has 0 bridgehead atoms. The summed E-state index contributed by atoms with van der Waals surface area (Å²) in [4.78, 5) is 34.6. The van der Waals surface area contributed by atoms with Crippen LogP contribution in [0.15, 0.2) is 87.0 Å². The number of aromatic hydroxyl groups is 1. The predicted octanol–water partition coefficient (Wildman–Crippen LogP) is 6.96. The van der Waals surface area contributed by atoms with Crippen molar-refractivity contribution in [2.45, 2.75) is 70.2 Å². The third-order valence-electron chi connectivity index (χ3n) is 7.85. The molecule has 2 heterocycles. The minimum atomic E-state index is -0.733. The topological polar surface area (TPSA) is 80.9 Å². The van der Waals surface area contributed by atoms with Gasteiger partial charge in [0.1, 0.15) is 5.75 Å². The second kappa shape index (κ2) is 12.5. The molecule has 0 spiro atoms. The van der Waals surface area contributed by atoms with E-state index in [1.807, 2.05) is 79.1 Å². The Morgan fingerprint density at radius 1 is 1.00 bits per heavy atom. The highest BCUT2D eigenvalue weighted by Crippen LogP contribution is 2.40. The van der Waals surface area contributed by atoms with Crippen LogP contribution in [0.4, 0.5) is 0 Å². The second-order valence-electron chi connectivity index (χ2n) is 13.2. The summed E-state index contributed by atoms with van der Waals surface area (Å²) >= 11 is 2.92. The van der Waals surface area contributed by atoms with E-state index in [0.717, 1.165) is 32.7 Å². The van der Waals surface area contributed by atoms with Crippen molar-refractivity contribution >= 4 is 40.8 Å². The fourth-order valence-electron chi connectivity index (χ4n) is 5.58. The molecule has 45 heavy (non-hydrogen) atoms. The van der Waals surface area contributed by atoms with E-state index in [1.54, 1.807) is 23.3 Å². The SMILES string of the molecule is CCOC(=O)C1=C(c2ccccc2)N=c2s/c(=C/c3cc(C(C)(C)C)c(O)c(C(C)(C)C)c3)c(=O)n2[C@@H]1c1ccc(SC)cc1. The maximum atomic E-state index is 14.4. The van der Waals surface area contributed by atoms with Crippen LogP contribution in [0.25, 0.3) is 11.8 Å². The number of hydrogen-bond acceptors (Lipinski definition) is 7. The van der Waals surface area contributed by atoms with Crippen molar-refractivity contribution in [2.24, 2.45) is 4.99 Å². The van der Waals surface area contributed by atoms with Crippen molar-refractivity contribution in [3.8, 4) is 5.75 Å². The number of esters is 1. The quantitative estimate of drug-likeness (QED) is 0.182. The first-order chi connectivity index (χ1) is 21.2. The molecule has 4 aromatic rings. The number of ether oxygens (including phenoxy) is 1. The van der Waals surface area contributed by atoms with E-state index in [1.165, 1.54) is 11.3 Å². The lowest BCUT2D eigenvalue weighted by atomic mass is 9.78. The Hall–Kier alpha value is -3.88. The van der Waals surface area contributed by atoms with Gasteiger partial charge in [0, 0.05) is 21.6 Å². The zero-order chi connectivity index (χ0) is 32.7. The Morgan fingerprint density at radius 2 is 1.60 bits per heavy atom. The molecule has 234 valence electrons. The number of carbonyl (C=O) groups is 1. The average molecular weight is 641 g/mol. The third-order valence-corrected chi connectivity index (χ3v) is 9.58. The first kappa shape index (κ1) is 32.5. The van der Waals surface area contributed by atoms with Gasteiger partial charge in [-0.05, 0) is 65.5 Å². The number of rotatable bonds is 6. The van der Waals surface area contributed by atoms with Gasteiger partial charge in [-0.25, -0.2) is 9.79 Å². The van der Waals surface area contributed by atoms with Gasteiger partial charge in [0.25, 0.3) is 5.56 Å². The summed E-state index contributed by atoms with van der Waals surface area (Å²) in [6.45, 7) is 14.4. The van der Waals surface area contributed by atoms with Gasteiger partial charge in [-0.2, -0.15) is 0 Å². The molecule has 1 N–H and O–H groups in total. The maximum Gasteiger partial charge on any atom is 0.338 e. The highest BCUT2D eigenvalue weighted by Gasteiger charge is 2.35. The van der Waals surface area contributed by atoms with Crippen LogP contribution in [-0.2, 0) is 20.4 Å². The smallest absolute Gasteiger partial charge is 0.338 e. The van der Waals surface area contributed by atoms with Crippen molar-refractivity contribution in [3.05, 3.63) is 120 Å². The first-order valence-corrected chi connectivity index (χ1v) is 17.1. The van der Waals surface area contributed by atoms with Gasteiger partial charge in [-0.15, -0.1) is 11.8 Å². The lowest BCUT2D eigenvalue weighted by Gasteiger charge is -2.27. The molecular weight excluding hydrogens is 601 g/mol. The summed E-state index contributed by atoms with van der Waals surface area (Å²) in [5.41, 5.74) is 3.97. The molecular formula is C37H40N2O4S2. The Labute approximate surface area is 272 Å². The monoisotopic (exact) mass is 640 g/mol. The molecule has 0 radical (unpaired) electrons. The largest absolute Gasteiger partial charge is 0.507 e. The standard InChI is InChI=1S/C37H40N2O4S2/c1-9-43-34(42)29-30(23-13-11-10-12-14-23)38-35-39(31(29)24-15-17-25(44-8)18-16-24)33(41)28(45-35)21-22-19-26(36(2,3)4)32(40)27(20-22)37(5,6)7/h10-21,31,40H,9H2,1-8H3/b28-21+/t31-/m1/s1. The van der Waals surface area contributed by atoms with Crippen LogP contribution in [0, 0.1) is 0 Å².